The molecule has 58 valence electrons. The van der Waals surface area contributed by atoms with Crippen LogP contribution in [0.3, 0.4) is 0 Å². The molecule has 0 aromatic rings. The molecule has 0 saturated carbocycles. The minimum Gasteiger partial charge on any atom is -0.348 e. The fraction of sp³-hybridized carbons (Fsp3) is 0.600. The van der Waals surface area contributed by atoms with Crippen molar-refractivity contribution in [3.63, 3.8) is 0 Å². The number of carbonyl (C=O) groups is 2. The summed E-state index contributed by atoms with van der Waals surface area (Å²) in [5.41, 5.74) is 1.72. The van der Waals surface area contributed by atoms with Gasteiger partial charge in [0.15, 0.2) is 0 Å². The summed E-state index contributed by atoms with van der Waals surface area (Å²) in [5.74, 6) is 3.18. The van der Waals surface area contributed by atoms with Crippen LogP contribution in [-0.2, 0) is 9.59 Å². The van der Waals surface area contributed by atoms with Crippen LogP contribution in [0.5, 0.6) is 0 Å². The predicted octanol–water partition coefficient (Wildman–Crippen LogP) is -1.50. The SMILES string of the molecule is CCCNC(=O)C(=O)NN. The van der Waals surface area contributed by atoms with Gasteiger partial charge in [-0.25, -0.2) is 5.84 Å². The van der Waals surface area contributed by atoms with E-state index in [1.807, 2.05) is 6.92 Å². The van der Waals surface area contributed by atoms with E-state index in [4.69, 9.17) is 0 Å². The van der Waals surface area contributed by atoms with E-state index >= 15 is 0 Å². The fourth-order valence-electron chi connectivity index (χ4n) is 0.384. The number of hydrazine groups is 1. The van der Waals surface area contributed by atoms with Gasteiger partial charge in [0.05, 0.1) is 0 Å². The number of carbonyl (C=O) groups excluding carboxylic acids is 2. The highest BCUT2D eigenvalue weighted by Gasteiger charge is 2.08. The van der Waals surface area contributed by atoms with Gasteiger partial charge in [-0.15, -0.1) is 0 Å². The van der Waals surface area contributed by atoms with Crippen molar-refractivity contribution < 1.29 is 9.59 Å². The second-order valence-corrected chi connectivity index (χ2v) is 1.73. The molecule has 0 aliphatic carbocycles. The summed E-state index contributed by atoms with van der Waals surface area (Å²) in [6.45, 7) is 2.38. The Hall–Kier alpha value is -1.10. The molecule has 0 fully saturated rings. The standard InChI is InChI=1S/C5H11N3O2/c1-2-3-7-4(9)5(10)8-6/h2-3,6H2,1H3,(H,7,9)(H,8,10). The lowest BCUT2D eigenvalue weighted by molar-refractivity contribution is -0.139. The quantitative estimate of drug-likeness (QED) is 0.191. The van der Waals surface area contributed by atoms with Crippen LogP contribution in [0.4, 0.5) is 0 Å². The lowest BCUT2D eigenvalue weighted by Gasteiger charge is -1.99. The Morgan fingerprint density at radius 1 is 1.40 bits per heavy atom. The number of hydrogen-bond donors (Lipinski definition) is 3. The molecule has 0 unspecified atom stereocenters. The van der Waals surface area contributed by atoms with Crippen molar-refractivity contribution >= 4 is 11.8 Å². The molecule has 4 N–H and O–H groups in total. The maximum Gasteiger partial charge on any atom is 0.323 e. The highest BCUT2D eigenvalue weighted by molar-refractivity contribution is 6.34. The molecule has 2 amide bonds. The average molecular weight is 145 g/mol. The Morgan fingerprint density at radius 2 is 2.00 bits per heavy atom. The van der Waals surface area contributed by atoms with Crippen LogP contribution in [0.15, 0.2) is 0 Å². The van der Waals surface area contributed by atoms with Gasteiger partial charge in [0.2, 0.25) is 0 Å². The Morgan fingerprint density at radius 3 is 2.40 bits per heavy atom. The van der Waals surface area contributed by atoms with Crippen molar-refractivity contribution in [3.8, 4) is 0 Å². The first-order valence-corrected chi connectivity index (χ1v) is 3.01. The van der Waals surface area contributed by atoms with Crippen LogP contribution in [0.2, 0.25) is 0 Å². The van der Waals surface area contributed by atoms with Gasteiger partial charge in [-0.05, 0) is 6.42 Å². The second-order valence-electron chi connectivity index (χ2n) is 1.73. The van der Waals surface area contributed by atoms with Gasteiger partial charge in [0.1, 0.15) is 0 Å². The lowest BCUT2D eigenvalue weighted by Crippen LogP contribution is -2.43. The van der Waals surface area contributed by atoms with Crippen molar-refractivity contribution in [2.75, 3.05) is 6.54 Å². The fourth-order valence-corrected chi connectivity index (χ4v) is 0.384. The molecule has 0 aromatic heterocycles. The van der Waals surface area contributed by atoms with Crippen molar-refractivity contribution in [2.24, 2.45) is 5.84 Å². The molecule has 0 spiro atoms. The second kappa shape index (κ2) is 4.75. The lowest BCUT2D eigenvalue weighted by atomic mass is 10.4. The first-order chi connectivity index (χ1) is 4.72. The molecule has 0 atom stereocenters. The molecule has 0 rings (SSSR count). The zero-order chi connectivity index (χ0) is 7.98. The van der Waals surface area contributed by atoms with E-state index < -0.39 is 11.8 Å². The van der Waals surface area contributed by atoms with Crippen molar-refractivity contribution in [1.29, 1.82) is 0 Å². The molecule has 0 radical (unpaired) electrons. The Bertz CT molecular complexity index is 135. The van der Waals surface area contributed by atoms with Gasteiger partial charge in [0, 0.05) is 6.54 Å². The summed E-state index contributed by atoms with van der Waals surface area (Å²) in [5, 5.41) is 2.35. The van der Waals surface area contributed by atoms with E-state index in [0.29, 0.717) is 6.54 Å². The zero-order valence-electron chi connectivity index (χ0n) is 5.81. The number of nitrogens with one attached hydrogen (secondary N) is 2. The first kappa shape index (κ1) is 8.90. The molecular weight excluding hydrogens is 134 g/mol. The number of nitrogens with two attached hydrogens (primary N) is 1. The van der Waals surface area contributed by atoms with Gasteiger partial charge < -0.3 is 5.32 Å². The van der Waals surface area contributed by atoms with Crippen LogP contribution in [0.25, 0.3) is 0 Å². The van der Waals surface area contributed by atoms with Crippen LogP contribution < -0.4 is 16.6 Å². The smallest absolute Gasteiger partial charge is 0.323 e. The number of amides is 2. The van der Waals surface area contributed by atoms with Gasteiger partial charge in [-0.3, -0.25) is 15.0 Å². The molecule has 0 saturated heterocycles. The summed E-state index contributed by atoms with van der Waals surface area (Å²) < 4.78 is 0. The van der Waals surface area contributed by atoms with E-state index in [-0.39, 0.29) is 0 Å². The Kier molecular flexibility index (Phi) is 4.23. The number of rotatable bonds is 2. The van der Waals surface area contributed by atoms with Gasteiger partial charge in [-0.2, -0.15) is 0 Å². The van der Waals surface area contributed by atoms with E-state index in [0.717, 1.165) is 6.42 Å². The molecule has 5 heteroatoms. The highest BCUT2D eigenvalue weighted by atomic mass is 16.2. The van der Waals surface area contributed by atoms with Gasteiger partial charge >= 0.3 is 11.8 Å². The Balaban J connectivity index is 3.52. The minimum atomic E-state index is -0.812. The molecule has 0 heterocycles. The minimum absolute atomic E-state index is 0.492. The maximum atomic E-state index is 10.5. The highest BCUT2D eigenvalue weighted by Crippen LogP contribution is 1.70. The van der Waals surface area contributed by atoms with E-state index in [9.17, 15) is 9.59 Å². The van der Waals surface area contributed by atoms with Crippen molar-refractivity contribution in [1.82, 2.24) is 10.7 Å². The molecule has 0 bridgehead atoms. The zero-order valence-corrected chi connectivity index (χ0v) is 5.81. The Labute approximate surface area is 58.9 Å². The molecule has 0 aliphatic rings. The normalized spacial score (nSPS) is 8.60. The summed E-state index contributed by atoms with van der Waals surface area (Å²) in [4.78, 5) is 20.9. The third-order valence-corrected chi connectivity index (χ3v) is 0.873. The van der Waals surface area contributed by atoms with E-state index in [2.05, 4.69) is 11.2 Å². The molecular formula is C5H11N3O2. The third-order valence-electron chi connectivity index (χ3n) is 0.873. The molecule has 0 aliphatic heterocycles. The average Bonchev–Trinajstić information content (AvgIpc) is 1.98. The van der Waals surface area contributed by atoms with Crippen LogP contribution in [-0.4, -0.2) is 18.4 Å². The third kappa shape index (κ3) is 3.03. The molecule has 10 heavy (non-hydrogen) atoms. The summed E-state index contributed by atoms with van der Waals surface area (Å²) in [6, 6.07) is 0. The summed E-state index contributed by atoms with van der Waals surface area (Å²) in [7, 11) is 0. The first-order valence-electron chi connectivity index (χ1n) is 3.01. The van der Waals surface area contributed by atoms with Crippen LogP contribution in [0, 0.1) is 0 Å². The van der Waals surface area contributed by atoms with Crippen molar-refractivity contribution in [3.05, 3.63) is 0 Å². The van der Waals surface area contributed by atoms with Crippen LogP contribution >= 0.6 is 0 Å². The van der Waals surface area contributed by atoms with E-state index in [1.54, 1.807) is 5.43 Å². The monoisotopic (exact) mass is 145 g/mol. The summed E-state index contributed by atoms with van der Waals surface area (Å²) >= 11 is 0. The topological polar surface area (TPSA) is 84.2 Å². The maximum absolute atomic E-state index is 10.5. The molecule has 5 nitrogen and oxygen atoms in total. The number of hydrogen-bond acceptors (Lipinski definition) is 3. The van der Waals surface area contributed by atoms with Crippen molar-refractivity contribution in [2.45, 2.75) is 13.3 Å². The largest absolute Gasteiger partial charge is 0.348 e. The predicted molar refractivity (Wildman–Crippen MR) is 35.6 cm³/mol. The van der Waals surface area contributed by atoms with Crippen LogP contribution in [0.1, 0.15) is 13.3 Å². The molecule has 0 aromatic carbocycles. The van der Waals surface area contributed by atoms with Gasteiger partial charge in [0.25, 0.3) is 0 Å². The van der Waals surface area contributed by atoms with Gasteiger partial charge in [-0.1, -0.05) is 6.92 Å². The summed E-state index contributed by atoms with van der Waals surface area (Å²) in [6.07, 6.45) is 0.795. The van der Waals surface area contributed by atoms with E-state index in [1.165, 1.54) is 0 Å².